The summed E-state index contributed by atoms with van der Waals surface area (Å²) in [4.78, 5) is 33.0. The Morgan fingerprint density at radius 1 is 1.19 bits per heavy atom. The van der Waals surface area contributed by atoms with Gasteiger partial charge in [0.25, 0.3) is 11.6 Å². The Labute approximate surface area is 178 Å². The third-order valence-electron chi connectivity index (χ3n) is 4.07. The number of anilines is 2. The number of hydroxylamine groups is 1. The number of halogens is 3. The van der Waals surface area contributed by atoms with Crippen LogP contribution in [0.4, 0.5) is 30.2 Å². The average molecular weight is 457 g/mol. The van der Waals surface area contributed by atoms with E-state index in [4.69, 9.17) is 4.74 Å². The van der Waals surface area contributed by atoms with Gasteiger partial charge in [0.2, 0.25) is 5.91 Å². The Hall–Kier alpha value is -3.71. The summed E-state index contributed by atoms with van der Waals surface area (Å²) in [6, 6.07) is 7.25. The summed E-state index contributed by atoms with van der Waals surface area (Å²) in [7, 11) is 0. The number of benzene rings is 2. The topological polar surface area (TPSA) is 142 Å². The number of nitro groups is 1. The van der Waals surface area contributed by atoms with Crippen molar-refractivity contribution < 1.29 is 42.7 Å². The second kappa shape index (κ2) is 9.20. The average Bonchev–Trinajstić information content (AvgIpc) is 2.70. The van der Waals surface area contributed by atoms with Crippen molar-refractivity contribution in [2.45, 2.75) is 25.6 Å². The second-order valence-electron chi connectivity index (χ2n) is 6.84. The Morgan fingerprint density at radius 2 is 1.78 bits per heavy atom. The SMILES string of the molecule is CC(=O)Nc1ccc(OCC(C)(O)C(=O)N(O)c2ccc([N+](=O)[O-])c(C(F)(F)F)c2)cc1. The monoisotopic (exact) mass is 457 g/mol. The van der Waals surface area contributed by atoms with Crippen LogP contribution in [-0.4, -0.2) is 39.3 Å². The minimum Gasteiger partial charge on any atom is -0.490 e. The first-order valence-corrected chi connectivity index (χ1v) is 8.84. The molecule has 2 rings (SSSR count). The van der Waals surface area contributed by atoms with Crippen LogP contribution in [-0.2, 0) is 15.8 Å². The van der Waals surface area contributed by atoms with Gasteiger partial charge in [-0.25, -0.2) is 0 Å². The third-order valence-corrected chi connectivity index (χ3v) is 4.07. The summed E-state index contributed by atoms with van der Waals surface area (Å²) in [5, 5.41) is 33.5. The lowest BCUT2D eigenvalue weighted by atomic mass is 10.1. The molecule has 2 aromatic rings. The molecule has 0 aliphatic carbocycles. The number of carbonyl (C=O) groups excluding carboxylic acids is 2. The highest BCUT2D eigenvalue weighted by molar-refractivity contribution is 5.97. The molecule has 0 aromatic heterocycles. The molecule has 13 heteroatoms. The predicted octanol–water partition coefficient (Wildman–Crippen LogP) is 3.12. The number of carbonyl (C=O) groups is 2. The fourth-order valence-corrected chi connectivity index (χ4v) is 2.51. The molecular formula is C19H18F3N3O7. The van der Waals surface area contributed by atoms with Gasteiger partial charge in [-0.2, -0.15) is 18.2 Å². The smallest absolute Gasteiger partial charge is 0.423 e. The molecule has 1 unspecified atom stereocenters. The number of rotatable bonds is 7. The number of nitro benzene ring substituents is 1. The number of alkyl halides is 3. The Balaban J connectivity index is 2.16. The standard InChI is InChI=1S/C19H18F3N3O7/c1-11(26)23-12-3-6-14(7-4-12)32-10-18(2,28)17(27)24(29)13-5-8-16(25(30)31)15(9-13)19(20,21)22/h3-9,28-29H,10H2,1-2H3,(H,23,26). The second-order valence-corrected chi connectivity index (χ2v) is 6.84. The molecule has 0 bridgehead atoms. The lowest BCUT2D eigenvalue weighted by Gasteiger charge is -2.27. The van der Waals surface area contributed by atoms with Gasteiger partial charge in [0.15, 0.2) is 5.60 Å². The number of hydrogen-bond donors (Lipinski definition) is 3. The van der Waals surface area contributed by atoms with Gasteiger partial charge in [0.1, 0.15) is 17.9 Å². The fraction of sp³-hybridized carbons (Fsp3) is 0.263. The minimum absolute atomic E-state index is 0.186. The maximum absolute atomic E-state index is 13.1. The zero-order valence-corrected chi connectivity index (χ0v) is 16.7. The lowest BCUT2D eigenvalue weighted by molar-refractivity contribution is -0.388. The molecule has 3 N–H and O–H groups in total. The van der Waals surface area contributed by atoms with E-state index in [2.05, 4.69) is 5.32 Å². The van der Waals surface area contributed by atoms with Crippen molar-refractivity contribution in [3.05, 3.63) is 58.1 Å². The number of nitrogens with zero attached hydrogens (tertiary/aromatic N) is 2. The first-order chi connectivity index (χ1) is 14.7. The van der Waals surface area contributed by atoms with Gasteiger partial charge in [-0.15, -0.1) is 0 Å². The summed E-state index contributed by atoms with van der Waals surface area (Å²) >= 11 is 0. The van der Waals surface area contributed by atoms with Crippen LogP contribution in [0.3, 0.4) is 0 Å². The Bertz CT molecular complexity index is 1020. The fourth-order valence-electron chi connectivity index (χ4n) is 2.51. The number of amides is 2. The molecule has 0 saturated heterocycles. The maximum atomic E-state index is 13.1. The molecule has 2 amide bonds. The quantitative estimate of drug-likeness (QED) is 0.329. The first kappa shape index (κ1) is 24.6. The normalized spacial score (nSPS) is 13.1. The zero-order chi connectivity index (χ0) is 24.3. The molecule has 0 spiro atoms. The van der Waals surface area contributed by atoms with Gasteiger partial charge in [0.05, 0.1) is 10.6 Å². The summed E-state index contributed by atoms with van der Waals surface area (Å²) in [5.74, 6) is -1.55. The molecule has 0 radical (unpaired) electrons. The van der Waals surface area contributed by atoms with Crippen molar-refractivity contribution >= 4 is 28.9 Å². The molecule has 0 heterocycles. The summed E-state index contributed by atoms with van der Waals surface area (Å²) in [5.41, 5.74) is -5.60. The molecule has 32 heavy (non-hydrogen) atoms. The molecule has 0 aliphatic rings. The van der Waals surface area contributed by atoms with E-state index in [1.807, 2.05) is 0 Å². The molecule has 172 valence electrons. The summed E-state index contributed by atoms with van der Waals surface area (Å²) in [6.45, 7) is 1.58. The lowest BCUT2D eigenvalue weighted by Crippen LogP contribution is -2.49. The van der Waals surface area contributed by atoms with Gasteiger partial charge in [-0.3, -0.25) is 24.9 Å². The van der Waals surface area contributed by atoms with Gasteiger partial charge in [0, 0.05) is 18.7 Å². The number of aliphatic hydroxyl groups is 1. The molecule has 10 nitrogen and oxygen atoms in total. The highest BCUT2D eigenvalue weighted by Gasteiger charge is 2.41. The van der Waals surface area contributed by atoms with E-state index in [0.29, 0.717) is 11.8 Å². The van der Waals surface area contributed by atoms with Crippen molar-refractivity contribution in [3.8, 4) is 5.75 Å². The number of ether oxygens (including phenoxy) is 1. The Morgan fingerprint density at radius 3 is 2.28 bits per heavy atom. The summed E-state index contributed by atoms with van der Waals surface area (Å²) < 4.78 is 44.6. The van der Waals surface area contributed by atoms with Crippen molar-refractivity contribution in [3.63, 3.8) is 0 Å². The van der Waals surface area contributed by atoms with Crippen LogP contribution in [0.1, 0.15) is 19.4 Å². The highest BCUT2D eigenvalue weighted by Crippen LogP contribution is 2.38. The predicted molar refractivity (Wildman–Crippen MR) is 104 cm³/mol. The first-order valence-electron chi connectivity index (χ1n) is 8.84. The molecule has 0 fully saturated rings. The van der Waals surface area contributed by atoms with Crippen LogP contribution in [0.5, 0.6) is 5.75 Å². The van der Waals surface area contributed by atoms with Crippen LogP contribution in [0, 0.1) is 10.1 Å². The number of hydrogen-bond acceptors (Lipinski definition) is 7. The number of nitrogens with one attached hydrogen (secondary N) is 1. The minimum atomic E-state index is -5.13. The van der Waals surface area contributed by atoms with Crippen LogP contribution >= 0.6 is 0 Å². The molecular weight excluding hydrogens is 439 g/mol. The van der Waals surface area contributed by atoms with E-state index in [1.165, 1.54) is 31.2 Å². The molecule has 0 aliphatic heterocycles. The van der Waals surface area contributed by atoms with E-state index in [-0.39, 0.29) is 22.8 Å². The van der Waals surface area contributed by atoms with Crippen molar-refractivity contribution in [1.82, 2.24) is 0 Å². The van der Waals surface area contributed by atoms with Crippen molar-refractivity contribution in [1.29, 1.82) is 0 Å². The van der Waals surface area contributed by atoms with Gasteiger partial charge in [-0.05, 0) is 43.3 Å². The van der Waals surface area contributed by atoms with Crippen LogP contribution in [0.25, 0.3) is 0 Å². The molecule has 1 atom stereocenters. The van der Waals surface area contributed by atoms with Gasteiger partial charge in [-0.1, -0.05) is 0 Å². The van der Waals surface area contributed by atoms with Crippen LogP contribution in [0.15, 0.2) is 42.5 Å². The maximum Gasteiger partial charge on any atom is 0.423 e. The molecule has 2 aromatic carbocycles. The largest absolute Gasteiger partial charge is 0.490 e. The van der Waals surface area contributed by atoms with Gasteiger partial charge >= 0.3 is 6.18 Å². The Kier molecular flexibility index (Phi) is 7.06. The van der Waals surface area contributed by atoms with E-state index in [0.717, 1.165) is 13.0 Å². The highest BCUT2D eigenvalue weighted by atomic mass is 19.4. The molecule has 0 saturated carbocycles. The summed E-state index contributed by atoms with van der Waals surface area (Å²) in [6.07, 6.45) is -5.13. The van der Waals surface area contributed by atoms with Crippen molar-refractivity contribution in [2.24, 2.45) is 0 Å². The van der Waals surface area contributed by atoms with Crippen LogP contribution in [0.2, 0.25) is 0 Å². The zero-order valence-electron chi connectivity index (χ0n) is 16.7. The van der Waals surface area contributed by atoms with E-state index >= 15 is 0 Å². The van der Waals surface area contributed by atoms with Gasteiger partial charge < -0.3 is 15.2 Å². The van der Waals surface area contributed by atoms with Crippen LogP contribution < -0.4 is 15.1 Å². The van der Waals surface area contributed by atoms with Crippen molar-refractivity contribution in [2.75, 3.05) is 17.0 Å². The van der Waals surface area contributed by atoms with E-state index < -0.39 is 46.2 Å². The van der Waals surface area contributed by atoms with E-state index in [1.54, 1.807) is 0 Å². The van der Waals surface area contributed by atoms with E-state index in [9.17, 15) is 43.2 Å². The third kappa shape index (κ3) is 5.92.